The first-order valence-corrected chi connectivity index (χ1v) is 7.82. The average molecular weight is 307 g/mol. The molecule has 4 nitrogen and oxygen atoms in total. The standard InChI is InChI=1S/C19H21N3O/c1-2-13-22-17-11-6-10-16(20)19(17)21-18(22)12-7-14-23-15-8-4-3-5-9-15/h2-6,8-11H,1,7,12-14,20H2. The highest BCUT2D eigenvalue weighted by atomic mass is 16.5. The Labute approximate surface area is 136 Å². The summed E-state index contributed by atoms with van der Waals surface area (Å²) in [6.07, 6.45) is 3.62. The maximum Gasteiger partial charge on any atom is 0.119 e. The van der Waals surface area contributed by atoms with Crippen molar-refractivity contribution < 1.29 is 4.74 Å². The molecule has 2 N–H and O–H groups in total. The minimum atomic E-state index is 0.663. The third-order valence-corrected chi connectivity index (χ3v) is 3.76. The van der Waals surface area contributed by atoms with Crippen LogP contribution < -0.4 is 10.5 Å². The second kappa shape index (κ2) is 7.01. The van der Waals surface area contributed by atoms with Crippen LogP contribution in [0.1, 0.15) is 12.2 Å². The van der Waals surface area contributed by atoms with Crippen molar-refractivity contribution in [3.63, 3.8) is 0 Å². The number of benzene rings is 2. The topological polar surface area (TPSA) is 53.1 Å². The van der Waals surface area contributed by atoms with Gasteiger partial charge in [-0.1, -0.05) is 30.3 Å². The maximum absolute atomic E-state index is 6.04. The van der Waals surface area contributed by atoms with E-state index in [4.69, 9.17) is 15.5 Å². The highest BCUT2D eigenvalue weighted by Gasteiger charge is 2.11. The molecule has 0 aliphatic rings. The summed E-state index contributed by atoms with van der Waals surface area (Å²) < 4.78 is 7.91. The lowest BCUT2D eigenvalue weighted by Gasteiger charge is -2.08. The number of aromatic nitrogens is 2. The quantitative estimate of drug-likeness (QED) is 0.410. The Kier molecular flexibility index (Phi) is 4.62. The van der Waals surface area contributed by atoms with Crippen LogP contribution in [-0.4, -0.2) is 16.2 Å². The van der Waals surface area contributed by atoms with Crippen molar-refractivity contribution in [1.29, 1.82) is 0 Å². The van der Waals surface area contributed by atoms with Gasteiger partial charge < -0.3 is 15.0 Å². The molecule has 0 amide bonds. The van der Waals surface area contributed by atoms with Gasteiger partial charge in [-0.25, -0.2) is 4.98 Å². The van der Waals surface area contributed by atoms with E-state index in [9.17, 15) is 0 Å². The minimum Gasteiger partial charge on any atom is -0.494 e. The fourth-order valence-corrected chi connectivity index (χ4v) is 2.68. The fourth-order valence-electron chi connectivity index (χ4n) is 2.68. The van der Waals surface area contributed by atoms with Crippen molar-refractivity contribution >= 4 is 16.7 Å². The smallest absolute Gasteiger partial charge is 0.119 e. The zero-order valence-electron chi connectivity index (χ0n) is 13.1. The molecule has 0 aliphatic carbocycles. The Balaban J connectivity index is 1.70. The van der Waals surface area contributed by atoms with Gasteiger partial charge in [0.15, 0.2) is 0 Å². The molecular weight excluding hydrogens is 286 g/mol. The third-order valence-electron chi connectivity index (χ3n) is 3.76. The molecule has 2 aromatic carbocycles. The van der Waals surface area contributed by atoms with E-state index in [0.29, 0.717) is 12.3 Å². The summed E-state index contributed by atoms with van der Waals surface area (Å²) in [6, 6.07) is 15.8. The first kappa shape index (κ1) is 15.2. The van der Waals surface area contributed by atoms with Crippen LogP contribution in [0.15, 0.2) is 61.2 Å². The van der Waals surface area contributed by atoms with Crippen LogP contribution in [0.4, 0.5) is 5.69 Å². The molecule has 23 heavy (non-hydrogen) atoms. The SMILES string of the molecule is C=CCn1c(CCCOc2ccccc2)nc2c(N)cccc21. The predicted octanol–water partition coefficient (Wildman–Crippen LogP) is 3.82. The number of anilines is 1. The fraction of sp³-hybridized carbons (Fsp3) is 0.211. The largest absolute Gasteiger partial charge is 0.494 e. The molecule has 0 bridgehead atoms. The van der Waals surface area contributed by atoms with E-state index in [1.54, 1.807) is 0 Å². The second-order valence-corrected chi connectivity index (χ2v) is 5.41. The number of imidazole rings is 1. The van der Waals surface area contributed by atoms with Gasteiger partial charge in [-0.2, -0.15) is 0 Å². The van der Waals surface area contributed by atoms with Gasteiger partial charge in [0.25, 0.3) is 0 Å². The Bertz CT molecular complexity index is 793. The summed E-state index contributed by atoms with van der Waals surface area (Å²) in [7, 11) is 0. The van der Waals surface area contributed by atoms with Crippen molar-refractivity contribution in [3.8, 4) is 5.75 Å². The van der Waals surface area contributed by atoms with Gasteiger partial charge in [0.05, 0.1) is 17.8 Å². The van der Waals surface area contributed by atoms with Crippen molar-refractivity contribution in [2.24, 2.45) is 0 Å². The number of nitrogens with zero attached hydrogens (tertiary/aromatic N) is 2. The summed E-state index contributed by atoms with van der Waals surface area (Å²) in [5.41, 5.74) is 8.68. The van der Waals surface area contributed by atoms with Gasteiger partial charge in [0.1, 0.15) is 17.1 Å². The third kappa shape index (κ3) is 3.37. The lowest BCUT2D eigenvalue weighted by Crippen LogP contribution is -2.05. The molecule has 0 aliphatic heterocycles. The molecule has 0 unspecified atom stereocenters. The zero-order chi connectivity index (χ0) is 16.1. The minimum absolute atomic E-state index is 0.663. The van der Waals surface area contributed by atoms with Crippen LogP contribution in [0, 0.1) is 0 Å². The lowest BCUT2D eigenvalue weighted by atomic mass is 10.2. The van der Waals surface area contributed by atoms with E-state index in [2.05, 4.69) is 11.1 Å². The van der Waals surface area contributed by atoms with Crippen molar-refractivity contribution in [3.05, 3.63) is 67.0 Å². The van der Waals surface area contributed by atoms with Crippen LogP contribution in [0.25, 0.3) is 11.0 Å². The molecule has 0 atom stereocenters. The molecule has 0 saturated carbocycles. The number of aryl methyl sites for hydroxylation is 1. The van der Waals surface area contributed by atoms with E-state index in [1.807, 2.05) is 54.6 Å². The number of allylic oxidation sites excluding steroid dienone is 1. The number of hydrogen-bond acceptors (Lipinski definition) is 3. The Morgan fingerprint density at radius 1 is 1.13 bits per heavy atom. The summed E-state index contributed by atoms with van der Waals surface area (Å²) in [5.74, 6) is 1.92. The molecule has 1 heterocycles. The van der Waals surface area contributed by atoms with Crippen LogP contribution in [0.2, 0.25) is 0 Å². The van der Waals surface area contributed by atoms with Gasteiger partial charge >= 0.3 is 0 Å². The number of hydrogen-bond donors (Lipinski definition) is 1. The first-order chi connectivity index (χ1) is 11.3. The summed E-state index contributed by atoms with van der Waals surface area (Å²) >= 11 is 0. The van der Waals surface area contributed by atoms with Crippen molar-refractivity contribution in [2.75, 3.05) is 12.3 Å². The van der Waals surface area contributed by atoms with E-state index < -0.39 is 0 Å². The normalized spacial score (nSPS) is 10.8. The molecule has 118 valence electrons. The van der Waals surface area contributed by atoms with Crippen molar-refractivity contribution in [2.45, 2.75) is 19.4 Å². The average Bonchev–Trinajstić information content (AvgIpc) is 2.93. The van der Waals surface area contributed by atoms with Gasteiger partial charge in [-0.15, -0.1) is 6.58 Å². The van der Waals surface area contributed by atoms with Gasteiger partial charge in [-0.05, 0) is 30.7 Å². The second-order valence-electron chi connectivity index (χ2n) is 5.41. The van der Waals surface area contributed by atoms with Crippen LogP contribution in [0.3, 0.4) is 0 Å². The van der Waals surface area contributed by atoms with E-state index in [0.717, 1.165) is 42.0 Å². The van der Waals surface area contributed by atoms with Crippen LogP contribution >= 0.6 is 0 Å². The number of nitrogens with two attached hydrogens (primary N) is 1. The molecule has 0 spiro atoms. The molecule has 1 aromatic heterocycles. The predicted molar refractivity (Wildman–Crippen MR) is 94.6 cm³/mol. The Morgan fingerprint density at radius 2 is 1.96 bits per heavy atom. The Morgan fingerprint density at radius 3 is 2.74 bits per heavy atom. The molecule has 0 radical (unpaired) electrons. The molecule has 3 aromatic rings. The van der Waals surface area contributed by atoms with E-state index in [1.165, 1.54) is 0 Å². The first-order valence-electron chi connectivity index (χ1n) is 7.82. The number of para-hydroxylation sites is 2. The monoisotopic (exact) mass is 307 g/mol. The van der Waals surface area contributed by atoms with Crippen molar-refractivity contribution in [1.82, 2.24) is 9.55 Å². The zero-order valence-corrected chi connectivity index (χ0v) is 13.1. The highest BCUT2D eigenvalue weighted by Crippen LogP contribution is 2.22. The molecule has 0 fully saturated rings. The molecule has 0 saturated heterocycles. The Hall–Kier alpha value is -2.75. The summed E-state index contributed by atoms with van der Waals surface area (Å²) in [5, 5.41) is 0. The van der Waals surface area contributed by atoms with E-state index in [-0.39, 0.29) is 0 Å². The van der Waals surface area contributed by atoms with Gasteiger partial charge in [0.2, 0.25) is 0 Å². The number of ether oxygens (including phenoxy) is 1. The summed E-state index contributed by atoms with van der Waals surface area (Å²) in [4.78, 5) is 4.71. The van der Waals surface area contributed by atoms with Crippen LogP contribution in [0.5, 0.6) is 5.75 Å². The highest BCUT2D eigenvalue weighted by molar-refractivity contribution is 5.87. The lowest BCUT2D eigenvalue weighted by molar-refractivity contribution is 0.309. The van der Waals surface area contributed by atoms with E-state index >= 15 is 0 Å². The maximum atomic E-state index is 6.04. The van der Waals surface area contributed by atoms with Gasteiger partial charge in [-0.3, -0.25) is 0 Å². The van der Waals surface area contributed by atoms with Gasteiger partial charge in [0, 0.05) is 13.0 Å². The molecular formula is C19H21N3O. The number of rotatable bonds is 7. The van der Waals surface area contributed by atoms with Crippen LogP contribution in [-0.2, 0) is 13.0 Å². The molecule has 4 heteroatoms. The number of nitrogen functional groups attached to an aromatic ring is 1. The number of fused-ring (bicyclic) bond motifs is 1. The molecule has 3 rings (SSSR count). The summed E-state index contributed by atoms with van der Waals surface area (Å²) in [6.45, 7) is 5.23.